The number of benzene rings is 2. The van der Waals surface area contributed by atoms with Crippen LogP contribution in [-0.4, -0.2) is 41.9 Å². The van der Waals surface area contributed by atoms with Crippen LogP contribution in [0.3, 0.4) is 0 Å². The molecule has 2 aromatic heterocycles. The van der Waals surface area contributed by atoms with Crippen molar-refractivity contribution < 1.29 is 4.74 Å². The molecule has 0 fully saturated rings. The van der Waals surface area contributed by atoms with Crippen LogP contribution in [0.25, 0.3) is 11.4 Å². The number of thioether (sulfide) groups is 1. The van der Waals surface area contributed by atoms with E-state index in [-0.39, 0.29) is 5.56 Å². The monoisotopic (exact) mass is 450 g/mol. The van der Waals surface area contributed by atoms with E-state index in [4.69, 9.17) is 4.74 Å². The van der Waals surface area contributed by atoms with E-state index in [0.29, 0.717) is 17.5 Å². The van der Waals surface area contributed by atoms with Gasteiger partial charge < -0.3 is 4.74 Å². The molecular weight excluding hydrogens is 424 g/mol. The summed E-state index contributed by atoms with van der Waals surface area (Å²) in [6.45, 7) is 6.62. The third-order valence-corrected chi connectivity index (χ3v) is 6.17. The summed E-state index contributed by atoms with van der Waals surface area (Å²) in [4.78, 5) is 13.2. The molecule has 0 amide bonds. The molecule has 4 rings (SSSR count). The average Bonchev–Trinajstić information content (AvgIpc) is 3.29. The lowest BCUT2D eigenvalue weighted by molar-refractivity contribution is 0.318. The van der Waals surface area contributed by atoms with Gasteiger partial charge in [0.15, 0.2) is 5.69 Å². The van der Waals surface area contributed by atoms with Crippen LogP contribution in [0.15, 0.2) is 58.5 Å². The standard InChI is InChI=1S/C23H26N6O2S/c1-16-13-17(2)15-20(14-16)31-11-8-12-32-23-24-25-26-28(23)21-18(3)27(4)29(22(21)30)19-9-6-5-7-10-19/h5-7,9-10,13-15H,8,11-12H2,1-4H3. The van der Waals surface area contributed by atoms with Crippen molar-refractivity contribution in [2.45, 2.75) is 32.3 Å². The van der Waals surface area contributed by atoms with E-state index in [9.17, 15) is 4.79 Å². The molecule has 2 aromatic carbocycles. The van der Waals surface area contributed by atoms with Crippen molar-refractivity contribution >= 4 is 11.8 Å². The summed E-state index contributed by atoms with van der Waals surface area (Å²) >= 11 is 1.51. The van der Waals surface area contributed by atoms with Crippen LogP contribution in [0.1, 0.15) is 23.2 Å². The van der Waals surface area contributed by atoms with Crippen molar-refractivity contribution in [3.63, 3.8) is 0 Å². The fraction of sp³-hybridized carbons (Fsp3) is 0.304. The molecular formula is C23H26N6O2S. The lowest BCUT2D eigenvalue weighted by Crippen LogP contribution is -2.22. The average molecular weight is 451 g/mol. The third kappa shape index (κ3) is 4.47. The molecule has 0 atom stereocenters. The largest absolute Gasteiger partial charge is 0.494 e. The van der Waals surface area contributed by atoms with E-state index in [2.05, 4.69) is 35.4 Å². The molecule has 0 unspecified atom stereocenters. The van der Waals surface area contributed by atoms with E-state index in [1.54, 1.807) is 4.68 Å². The minimum Gasteiger partial charge on any atom is -0.494 e. The molecule has 9 heteroatoms. The summed E-state index contributed by atoms with van der Waals surface area (Å²) in [5, 5.41) is 12.6. The van der Waals surface area contributed by atoms with E-state index in [0.717, 1.165) is 29.3 Å². The third-order valence-electron chi connectivity index (χ3n) is 5.16. The van der Waals surface area contributed by atoms with Gasteiger partial charge in [0.25, 0.3) is 5.56 Å². The molecule has 32 heavy (non-hydrogen) atoms. The first kappa shape index (κ1) is 21.9. The zero-order valence-electron chi connectivity index (χ0n) is 18.6. The van der Waals surface area contributed by atoms with Crippen molar-refractivity contribution in [1.82, 2.24) is 29.6 Å². The first-order valence-electron chi connectivity index (χ1n) is 10.4. The Labute approximate surface area is 190 Å². The lowest BCUT2D eigenvalue weighted by atomic mass is 10.1. The van der Waals surface area contributed by atoms with Gasteiger partial charge in [-0.25, -0.2) is 4.68 Å². The second-order valence-electron chi connectivity index (χ2n) is 7.66. The predicted molar refractivity (Wildman–Crippen MR) is 125 cm³/mol. The van der Waals surface area contributed by atoms with Gasteiger partial charge >= 0.3 is 0 Å². The van der Waals surface area contributed by atoms with Crippen LogP contribution < -0.4 is 10.3 Å². The van der Waals surface area contributed by atoms with Crippen LogP contribution in [0.4, 0.5) is 0 Å². The molecule has 0 saturated carbocycles. The molecule has 0 spiro atoms. The minimum atomic E-state index is -0.163. The number of aryl methyl sites for hydroxylation is 2. The van der Waals surface area contributed by atoms with Crippen LogP contribution in [0.2, 0.25) is 0 Å². The minimum absolute atomic E-state index is 0.163. The van der Waals surface area contributed by atoms with Crippen LogP contribution in [0.5, 0.6) is 5.75 Å². The Balaban J connectivity index is 1.46. The van der Waals surface area contributed by atoms with Gasteiger partial charge in [0, 0.05) is 12.8 Å². The maximum absolute atomic E-state index is 13.2. The summed E-state index contributed by atoms with van der Waals surface area (Å²) in [5.74, 6) is 1.66. The Kier molecular flexibility index (Phi) is 6.45. The maximum Gasteiger partial charge on any atom is 0.297 e. The van der Waals surface area contributed by atoms with Crippen molar-refractivity contribution in [3.8, 4) is 17.1 Å². The SMILES string of the molecule is Cc1cc(C)cc(OCCCSc2nnnn2-c2c(C)n(C)n(-c3ccccc3)c2=O)c1. The number of ether oxygens (including phenoxy) is 1. The summed E-state index contributed by atoms with van der Waals surface area (Å²) < 4.78 is 10.9. The van der Waals surface area contributed by atoms with Crippen molar-refractivity contribution in [2.75, 3.05) is 12.4 Å². The number of hydrogen-bond acceptors (Lipinski definition) is 6. The van der Waals surface area contributed by atoms with Crippen molar-refractivity contribution in [1.29, 1.82) is 0 Å². The van der Waals surface area contributed by atoms with Gasteiger partial charge in [0.1, 0.15) is 5.75 Å². The molecule has 0 N–H and O–H groups in total. The Bertz CT molecular complexity index is 1260. The van der Waals surface area contributed by atoms with Crippen molar-refractivity contribution in [3.05, 3.63) is 75.7 Å². The summed E-state index contributed by atoms with van der Waals surface area (Å²) in [6, 6.07) is 15.7. The van der Waals surface area contributed by atoms with Gasteiger partial charge in [-0.05, 0) is 73.0 Å². The zero-order valence-corrected chi connectivity index (χ0v) is 19.5. The Morgan fingerprint density at radius 2 is 1.75 bits per heavy atom. The Morgan fingerprint density at radius 1 is 1.03 bits per heavy atom. The van der Waals surface area contributed by atoms with Gasteiger partial charge in [-0.1, -0.05) is 36.0 Å². The second kappa shape index (κ2) is 9.44. The molecule has 0 bridgehead atoms. The maximum atomic E-state index is 13.2. The van der Waals surface area contributed by atoms with Gasteiger partial charge in [-0.3, -0.25) is 9.48 Å². The van der Waals surface area contributed by atoms with Gasteiger partial charge in [0.2, 0.25) is 5.16 Å². The molecule has 8 nitrogen and oxygen atoms in total. The van der Waals surface area contributed by atoms with Gasteiger partial charge in [0.05, 0.1) is 18.0 Å². The lowest BCUT2D eigenvalue weighted by Gasteiger charge is -2.08. The number of tetrazole rings is 1. The van der Waals surface area contributed by atoms with Gasteiger partial charge in [-0.2, -0.15) is 4.68 Å². The highest BCUT2D eigenvalue weighted by Crippen LogP contribution is 2.21. The first-order valence-corrected chi connectivity index (χ1v) is 11.4. The number of hydrogen-bond donors (Lipinski definition) is 0. The van der Waals surface area contributed by atoms with Crippen molar-refractivity contribution in [2.24, 2.45) is 7.05 Å². The highest BCUT2D eigenvalue weighted by atomic mass is 32.2. The molecule has 2 heterocycles. The second-order valence-corrected chi connectivity index (χ2v) is 8.72. The number of aromatic nitrogens is 6. The Morgan fingerprint density at radius 3 is 2.47 bits per heavy atom. The Hall–Kier alpha value is -3.33. The summed E-state index contributed by atoms with van der Waals surface area (Å²) in [6.07, 6.45) is 0.826. The van der Waals surface area contributed by atoms with E-state index in [1.807, 2.05) is 61.1 Å². The molecule has 0 saturated heterocycles. The van der Waals surface area contributed by atoms with Crippen LogP contribution in [0, 0.1) is 20.8 Å². The van der Waals surface area contributed by atoms with Crippen LogP contribution in [-0.2, 0) is 7.05 Å². The topological polar surface area (TPSA) is 79.8 Å². The summed E-state index contributed by atoms with van der Waals surface area (Å²) in [5.41, 5.74) is 4.24. The quantitative estimate of drug-likeness (QED) is 0.301. The van der Waals surface area contributed by atoms with Crippen LogP contribution >= 0.6 is 11.8 Å². The number of nitrogens with zero attached hydrogens (tertiary/aromatic N) is 6. The predicted octanol–water partition coefficient (Wildman–Crippen LogP) is 3.64. The number of para-hydroxylation sites is 1. The molecule has 0 aliphatic carbocycles. The molecule has 4 aromatic rings. The molecule has 0 aliphatic rings. The normalized spacial score (nSPS) is 11.1. The fourth-order valence-electron chi connectivity index (χ4n) is 3.64. The fourth-order valence-corrected chi connectivity index (χ4v) is 4.43. The zero-order chi connectivity index (χ0) is 22.7. The first-order chi connectivity index (χ1) is 15.5. The highest BCUT2D eigenvalue weighted by Gasteiger charge is 2.21. The highest BCUT2D eigenvalue weighted by molar-refractivity contribution is 7.99. The van der Waals surface area contributed by atoms with E-state index >= 15 is 0 Å². The number of rotatable bonds is 8. The van der Waals surface area contributed by atoms with E-state index < -0.39 is 0 Å². The smallest absolute Gasteiger partial charge is 0.297 e. The molecule has 0 radical (unpaired) electrons. The molecule has 166 valence electrons. The van der Waals surface area contributed by atoms with E-state index in [1.165, 1.54) is 27.6 Å². The molecule has 0 aliphatic heterocycles. The van der Waals surface area contributed by atoms with Gasteiger partial charge in [-0.15, -0.1) is 5.10 Å². The summed E-state index contributed by atoms with van der Waals surface area (Å²) in [7, 11) is 1.86.